The first-order chi connectivity index (χ1) is 12.5. The maximum atomic E-state index is 14.0. The van der Waals surface area contributed by atoms with Gasteiger partial charge < -0.3 is 8.92 Å². The summed E-state index contributed by atoms with van der Waals surface area (Å²) in [6.07, 6.45) is 6.03. The Labute approximate surface area is 152 Å². The molecule has 0 radical (unpaired) electrons. The molecule has 1 N–H and O–H groups in total. The van der Waals surface area contributed by atoms with E-state index in [0.717, 1.165) is 18.6 Å². The topological polar surface area (TPSA) is 64.6 Å². The predicted molar refractivity (Wildman–Crippen MR) is 95.7 cm³/mol. The summed E-state index contributed by atoms with van der Waals surface area (Å²) in [6.45, 7) is 0.00526. The summed E-state index contributed by atoms with van der Waals surface area (Å²) in [4.78, 5) is 0. The Hall–Kier alpha value is -2.12. The molecule has 0 spiro atoms. The lowest BCUT2D eigenvalue weighted by molar-refractivity contribution is 0.155. The van der Waals surface area contributed by atoms with Gasteiger partial charge in [-0.3, -0.25) is 0 Å². The number of benzene rings is 2. The molecule has 2 aromatic rings. The first-order valence-electron chi connectivity index (χ1n) is 8.79. The van der Waals surface area contributed by atoms with Gasteiger partial charge >= 0.3 is 10.3 Å². The summed E-state index contributed by atoms with van der Waals surface area (Å²) in [5.74, 6) is 0.498. The second kappa shape index (κ2) is 6.89. The summed E-state index contributed by atoms with van der Waals surface area (Å²) in [5, 5.41) is 0. The zero-order chi connectivity index (χ0) is 18.1. The lowest BCUT2D eigenvalue weighted by Crippen LogP contribution is -2.32. The van der Waals surface area contributed by atoms with Crippen molar-refractivity contribution in [3.8, 4) is 22.6 Å². The predicted octanol–water partition coefficient (Wildman–Crippen LogP) is 3.93. The van der Waals surface area contributed by atoms with E-state index in [1.807, 2.05) is 12.1 Å². The molecular formula is C19H20FNO4S. The van der Waals surface area contributed by atoms with E-state index in [4.69, 9.17) is 8.92 Å². The minimum absolute atomic E-state index is 0.00526. The molecule has 0 saturated heterocycles. The maximum Gasteiger partial charge on any atom is 0.382 e. The molecule has 0 amide bonds. The number of nitrogens with one attached hydrogen (secondary N) is 1. The van der Waals surface area contributed by atoms with Gasteiger partial charge in [0.2, 0.25) is 0 Å². The third kappa shape index (κ3) is 3.68. The van der Waals surface area contributed by atoms with Crippen molar-refractivity contribution in [3.63, 3.8) is 0 Å². The third-order valence-corrected chi connectivity index (χ3v) is 5.67. The molecule has 1 saturated carbocycles. The Bertz CT molecular complexity index is 906. The van der Waals surface area contributed by atoms with Crippen molar-refractivity contribution >= 4 is 10.3 Å². The highest BCUT2D eigenvalue weighted by molar-refractivity contribution is 7.85. The molecule has 26 heavy (non-hydrogen) atoms. The molecule has 5 nitrogen and oxygen atoms in total. The summed E-state index contributed by atoms with van der Waals surface area (Å²) >= 11 is 0. The summed E-state index contributed by atoms with van der Waals surface area (Å²) in [5.41, 5.74) is 1.56. The van der Waals surface area contributed by atoms with E-state index in [9.17, 15) is 12.8 Å². The van der Waals surface area contributed by atoms with E-state index >= 15 is 0 Å². The van der Waals surface area contributed by atoms with Crippen molar-refractivity contribution in [2.24, 2.45) is 0 Å². The van der Waals surface area contributed by atoms with Crippen molar-refractivity contribution in [1.82, 2.24) is 4.72 Å². The second-order valence-electron chi connectivity index (χ2n) is 6.70. The molecule has 0 bridgehead atoms. The fourth-order valence-electron chi connectivity index (χ4n) is 3.49. The van der Waals surface area contributed by atoms with Crippen LogP contribution in [-0.2, 0) is 16.8 Å². The van der Waals surface area contributed by atoms with Crippen LogP contribution in [0.2, 0.25) is 0 Å². The Balaban J connectivity index is 1.62. The van der Waals surface area contributed by atoms with Crippen LogP contribution in [0.15, 0.2) is 36.4 Å². The molecule has 0 atom stereocenters. The summed E-state index contributed by atoms with van der Waals surface area (Å²) in [6, 6.07) is 9.82. The van der Waals surface area contributed by atoms with Gasteiger partial charge in [0.25, 0.3) is 0 Å². The molecule has 1 aliphatic carbocycles. The molecule has 7 heteroatoms. The molecular weight excluding hydrogens is 357 g/mol. The van der Waals surface area contributed by atoms with Gasteiger partial charge in [0.05, 0.1) is 6.10 Å². The van der Waals surface area contributed by atoms with Gasteiger partial charge in [-0.2, -0.15) is 13.1 Å². The summed E-state index contributed by atoms with van der Waals surface area (Å²) in [7, 11) is -3.86. The fourth-order valence-corrected chi connectivity index (χ4v) is 4.30. The SMILES string of the molecule is O=S1(=O)NCc2cc(F)cc(-c3ccc(OC4CCCCC4)cc3)c2O1. The number of fused-ring (bicyclic) bond motifs is 1. The molecule has 4 rings (SSSR count). The highest BCUT2D eigenvalue weighted by atomic mass is 32.2. The Morgan fingerprint density at radius 2 is 1.81 bits per heavy atom. The largest absolute Gasteiger partial charge is 0.490 e. The molecule has 2 aromatic carbocycles. The van der Waals surface area contributed by atoms with Crippen LogP contribution in [0.3, 0.4) is 0 Å². The first kappa shape index (κ1) is 17.3. The van der Waals surface area contributed by atoms with Gasteiger partial charge in [-0.05, 0) is 55.5 Å². The van der Waals surface area contributed by atoms with Gasteiger partial charge in [0, 0.05) is 17.7 Å². The molecule has 1 heterocycles. The van der Waals surface area contributed by atoms with Gasteiger partial charge in [-0.25, -0.2) is 4.39 Å². The zero-order valence-corrected chi connectivity index (χ0v) is 15.0. The summed E-state index contributed by atoms with van der Waals surface area (Å²) < 4.78 is 50.7. The van der Waals surface area contributed by atoms with Crippen LogP contribution in [0, 0.1) is 5.82 Å². The number of hydrogen-bond acceptors (Lipinski definition) is 4. The lowest BCUT2D eigenvalue weighted by Gasteiger charge is -2.23. The Kier molecular flexibility index (Phi) is 4.58. The zero-order valence-electron chi connectivity index (χ0n) is 14.2. The van der Waals surface area contributed by atoms with E-state index in [1.54, 1.807) is 12.1 Å². The molecule has 138 valence electrons. The first-order valence-corrected chi connectivity index (χ1v) is 10.2. The molecule has 1 fully saturated rings. The molecule has 0 unspecified atom stereocenters. The van der Waals surface area contributed by atoms with Gasteiger partial charge in [0.1, 0.15) is 11.6 Å². The van der Waals surface area contributed by atoms with Crippen LogP contribution in [0.4, 0.5) is 4.39 Å². The van der Waals surface area contributed by atoms with Crippen molar-refractivity contribution < 1.29 is 21.7 Å². The number of hydrogen-bond donors (Lipinski definition) is 1. The van der Waals surface area contributed by atoms with Crippen molar-refractivity contribution in [2.45, 2.75) is 44.8 Å². The maximum absolute atomic E-state index is 14.0. The van der Waals surface area contributed by atoms with Crippen LogP contribution >= 0.6 is 0 Å². The van der Waals surface area contributed by atoms with E-state index in [-0.39, 0.29) is 18.4 Å². The third-order valence-electron chi connectivity index (χ3n) is 4.78. The standard InChI is InChI=1S/C19H20FNO4S/c20-15-10-14-12-21-26(22,23)25-19(14)18(11-15)13-6-8-17(9-7-13)24-16-4-2-1-3-5-16/h6-11,16,21H,1-5,12H2. The van der Waals surface area contributed by atoms with Gasteiger partial charge in [-0.1, -0.05) is 18.6 Å². The average molecular weight is 377 g/mol. The average Bonchev–Trinajstić information content (AvgIpc) is 2.63. The monoisotopic (exact) mass is 377 g/mol. The number of halogens is 1. The van der Waals surface area contributed by atoms with Gasteiger partial charge in [-0.15, -0.1) is 0 Å². The highest BCUT2D eigenvalue weighted by Gasteiger charge is 2.26. The van der Waals surface area contributed by atoms with Crippen molar-refractivity contribution in [2.75, 3.05) is 0 Å². The van der Waals surface area contributed by atoms with E-state index in [0.29, 0.717) is 16.7 Å². The fraction of sp³-hybridized carbons (Fsp3) is 0.368. The van der Waals surface area contributed by atoms with Crippen molar-refractivity contribution in [3.05, 3.63) is 47.8 Å². The lowest BCUT2D eigenvalue weighted by atomic mass is 9.97. The van der Waals surface area contributed by atoms with Gasteiger partial charge in [0.15, 0.2) is 5.75 Å². The van der Waals surface area contributed by atoms with E-state index in [1.165, 1.54) is 31.4 Å². The van der Waals surface area contributed by atoms with E-state index < -0.39 is 16.1 Å². The quantitative estimate of drug-likeness (QED) is 0.880. The minimum Gasteiger partial charge on any atom is -0.490 e. The number of rotatable bonds is 3. The molecule has 0 aromatic heterocycles. The second-order valence-corrected chi connectivity index (χ2v) is 8.07. The van der Waals surface area contributed by atoms with Crippen LogP contribution in [0.25, 0.3) is 11.1 Å². The van der Waals surface area contributed by atoms with Crippen LogP contribution < -0.4 is 13.6 Å². The van der Waals surface area contributed by atoms with Crippen LogP contribution in [0.5, 0.6) is 11.5 Å². The number of ether oxygens (including phenoxy) is 1. The normalized spacial score (nSPS) is 19.4. The Morgan fingerprint density at radius 3 is 2.54 bits per heavy atom. The highest BCUT2D eigenvalue weighted by Crippen LogP contribution is 2.37. The minimum atomic E-state index is -3.86. The van der Waals surface area contributed by atoms with E-state index in [2.05, 4.69) is 4.72 Å². The van der Waals surface area contributed by atoms with Crippen LogP contribution in [0.1, 0.15) is 37.7 Å². The Morgan fingerprint density at radius 1 is 1.08 bits per heavy atom. The smallest absolute Gasteiger partial charge is 0.382 e. The van der Waals surface area contributed by atoms with Crippen LogP contribution in [-0.4, -0.2) is 14.5 Å². The van der Waals surface area contributed by atoms with Crippen molar-refractivity contribution in [1.29, 1.82) is 0 Å². The molecule has 2 aliphatic rings. The molecule has 1 aliphatic heterocycles.